The number of aliphatic hydroxyl groups excluding tert-OH is 1. The molecule has 2 N–H and O–H groups in total. The molecule has 7 heteroatoms. The van der Waals surface area contributed by atoms with Crippen LogP contribution in [0.5, 0.6) is 11.5 Å². The lowest BCUT2D eigenvalue weighted by atomic mass is 9.89. The summed E-state index contributed by atoms with van der Waals surface area (Å²) in [6, 6.07) is 14.1. The molecule has 0 aliphatic rings. The van der Waals surface area contributed by atoms with Gasteiger partial charge in [0.2, 0.25) is 0 Å². The van der Waals surface area contributed by atoms with Crippen molar-refractivity contribution >= 4 is 5.97 Å². The SMILES string of the molecule is CCC(Cc1cnn(C[C@H](CCCc2ccccc2)[C@H](O)c2cc(OC)c(C)c(OC)c2)c1)C(=O)O. The quantitative estimate of drug-likeness (QED) is 0.319. The number of rotatable bonds is 14. The number of carboxylic acid groups (broad SMARTS) is 1. The van der Waals surface area contributed by atoms with Gasteiger partial charge in [-0.15, -0.1) is 0 Å². The second-order valence-corrected chi connectivity index (χ2v) is 9.35. The zero-order valence-corrected chi connectivity index (χ0v) is 21.7. The predicted molar refractivity (Wildman–Crippen MR) is 139 cm³/mol. The van der Waals surface area contributed by atoms with Gasteiger partial charge in [0.05, 0.1) is 32.4 Å². The number of aromatic nitrogens is 2. The van der Waals surface area contributed by atoms with Crippen LogP contribution < -0.4 is 9.47 Å². The average Bonchev–Trinajstić information content (AvgIpc) is 3.33. The third-order valence-corrected chi connectivity index (χ3v) is 6.88. The first kappa shape index (κ1) is 27.3. The fourth-order valence-corrected chi connectivity index (χ4v) is 4.65. The fraction of sp³-hybridized carbons (Fsp3) is 0.448. The molecular weight excluding hydrogens is 456 g/mol. The van der Waals surface area contributed by atoms with E-state index in [1.165, 1.54) is 5.56 Å². The number of methoxy groups -OCH3 is 2. The Morgan fingerprint density at radius 2 is 1.75 bits per heavy atom. The van der Waals surface area contributed by atoms with Gasteiger partial charge in [-0.05, 0) is 67.9 Å². The topological polar surface area (TPSA) is 93.8 Å². The number of aliphatic carboxylic acids is 1. The van der Waals surface area contributed by atoms with Gasteiger partial charge < -0.3 is 19.7 Å². The Hall–Kier alpha value is -3.32. The molecule has 0 aliphatic heterocycles. The zero-order valence-electron chi connectivity index (χ0n) is 21.7. The molecule has 1 unspecified atom stereocenters. The third-order valence-electron chi connectivity index (χ3n) is 6.88. The van der Waals surface area contributed by atoms with Gasteiger partial charge in [-0.25, -0.2) is 0 Å². The highest BCUT2D eigenvalue weighted by Gasteiger charge is 2.25. The number of aliphatic hydroxyl groups is 1. The van der Waals surface area contributed by atoms with E-state index in [0.29, 0.717) is 30.9 Å². The highest BCUT2D eigenvalue weighted by atomic mass is 16.5. The van der Waals surface area contributed by atoms with Crippen LogP contribution in [0.2, 0.25) is 0 Å². The van der Waals surface area contributed by atoms with E-state index in [0.717, 1.165) is 36.0 Å². The molecule has 36 heavy (non-hydrogen) atoms. The van der Waals surface area contributed by atoms with Crippen LogP contribution in [0.3, 0.4) is 0 Å². The average molecular weight is 495 g/mol. The van der Waals surface area contributed by atoms with E-state index in [2.05, 4.69) is 17.2 Å². The van der Waals surface area contributed by atoms with Crippen molar-refractivity contribution in [1.82, 2.24) is 9.78 Å². The summed E-state index contributed by atoms with van der Waals surface area (Å²) in [4.78, 5) is 11.4. The van der Waals surface area contributed by atoms with Gasteiger partial charge in [0.25, 0.3) is 0 Å². The standard InChI is InChI=1S/C29H38N2O5/c1-5-23(29(33)34)14-22-17-30-31(18-22)19-24(13-9-12-21-10-7-6-8-11-21)28(32)25-15-26(35-3)20(2)27(16-25)36-4/h6-8,10-11,15-18,23-24,28,32H,5,9,12-14,19H2,1-4H3,(H,33,34)/t23?,24-,28-/m0/s1. The molecule has 0 aliphatic carbocycles. The van der Waals surface area contributed by atoms with Gasteiger partial charge in [0.15, 0.2) is 0 Å². The number of aryl methyl sites for hydroxylation is 1. The van der Waals surface area contributed by atoms with Gasteiger partial charge in [-0.2, -0.15) is 5.10 Å². The number of hydrogen-bond donors (Lipinski definition) is 2. The lowest BCUT2D eigenvalue weighted by Gasteiger charge is -2.25. The molecule has 0 amide bonds. The summed E-state index contributed by atoms with van der Waals surface area (Å²) in [5, 5.41) is 25.4. The first-order valence-corrected chi connectivity index (χ1v) is 12.5. The van der Waals surface area contributed by atoms with E-state index in [-0.39, 0.29) is 5.92 Å². The summed E-state index contributed by atoms with van der Waals surface area (Å²) in [5.41, 5.74) is 3.78. The van der Waals surface area contributed by atoms with Crippen molar-refractivity contribution in [1.29, 1.82) is 0 Å². The van der Waals surface area contributed by atoms with Crippen LogP contribution in [0, 0.1) is 18.8 Å². The summed E-state index contributed by atoms with van der Waals surface area (Å²) in [6.07, 6.45) is 6.52. The Morgan fingerprint density at radius 3 is 2.33 bits per heavy atom. The Labute approximate surface area is 213 Å². The van der Waals surface area contributed by atoms with E-state index in [1.54, 1.807) is 20.4 Å². The molecule has 0 saturated carbocycles. The molecule has 194 valence electrons. The molecule has 3 rings (SSSR count). The summed E-state index contributed by atoms with van der Waals surface area (Å²) >= 11 is 0. The highest BCUT2D eigenvalue weighted by molar-refractivity contribution is 5.70. The molecule has 7 nitrogen and oxygen atoms in total. The van der Waals surface area contributed by atoms with E-state index >= 15 is 0 Å². The Bertz CT molecular complexity index is 1090. The minimum absolute atomic E-state index is 0.111. The van der Waals surface area contributed by atoms with Crippen LogP contribution in [0.4, 0.5) is 0 Å². The molecule has 2 aromatic carbocycles. The first-order chi connectivity index (χ1) is 17.4. The zero-order chi connectivity index (χ0) is 26.1. The maximum absolute atomic E-state index is 11.5. The molecule has 1 aromatic heterocycles. The Morgan fingerprint density at radius 1 is 1.08 bits per heavy atom. The van der Waals surface area contributed by atoms with Gasteiger partial charge in [0, 0.05) is 24.2 Å². The van der Waals surface area contributed by atoms with Crippen LogP contribution >= 0.6 is 0 Å². The fourth-order valence-electron chi connectivity index (χ4n) is 4.65. The van der Waals surface area contributed by atoms with Crippen molar-refractivity contribution in [3.63, 3.8) is 0 Å². The summed E-state index contributed by atoms with van der Waals surface area (Å²) in [6.45, 7) is 4.32. The number of nitrogens with zero attached hydrogens (tertiary/aromatic N) is 2. The number of carboxylic acids is 1. The highest BCUT2D eigenvalue weighted by Crippen LogP contribution is 2.36. The van der Waals surface area contributed by atoms with E-state index in [9.17, 15) is 15.0 Å². The Balaban J connectivity index is 1.81. The van der Waals surface area contributed by atoms with Crippen molar-refractivity contribution in [3.8, 4) is 11.5 Å². The molecule has 1 heterocycles. The van der Waals surface area contributed by atoms with Crippen LogP contribution in [0.25, 0.3) is 0 Å². The summed E-state index contributed by atoms with van der Waals surface area (Å²) < 4.78 is 12.9. The number of ether oxygens (including phenoxy) is 2. The van der Waals surface area contributed by atoms with Gasteiger partial charge in [-0.3, -0.25) is 9.48 Å². The van der Waals surface area contributed by atoms with Crippen LogP contribution in [-0.4, -0.2) is 40.2 Å². The van der Waals surface area contributed by atoms with E-state index in [1.807, 2.05) is 55.1 Å². The van der Waals surface area contributed by atoms with E-state index in [4.69, 9.17) is 9.47 Å². The van der Waals surface area contributed by atoms with Crippen molar-refractivity contribution in [2.24, 2.45) is 11.8 Å². The van der Waals surface area contributed by atoms with Crippen molar-refractivity contribution in [2.45, 2.75) is 58.6 Å². The van der Waals surface area contributed by atoms with Gasteiger partial charge in [0.1, 0.15) is 11.5 Å². The second-order valence-electron chi connectivity index (χ2n) is 9.35. The minimum Gasteiger partial charge on any atom is -0.496 e. The van der Waals surface area contributed by atoms with Crippen LogP contribution in [0.15, 0.2) is 54.9 Å². The normalized spacial score (nSPS) is 13.7. The molecule has 3 aromatic rings. The number of benzene rings is 2. The maximum atomic E-state index is 11.5. The molecule has 0 fully saturated rings. The molecule has 0 bridgehead atoms. The molecule has 0 spiro atoms. The summed E-state index contributed by atoms with van der Waals surface area (Å²) in [5.74, 6) is 0.0170. The van der Waals surface area contributed by atoms with Crippen LogP contribution in [0.1, 0.15) is 54.5 Å². The molecule has 0 saturated heterocycles. The van der Waals surface area contributed by atoms with Crippen LogP contribution in [-0.2, 0) is 24.2 Å². The molecule has 3 atom stereocenters. The largest absolute Gasteiger partial charge is 0.496 e. The van der Waals surface area contributed by atoms with Gasteiger partial charge >= 0.3 is 5.97 Å². The minimum atomic E-state index is -0.790. The smallest absolute Gasteiger partial charge is 0.306 e. The number of carbonyl (C=O) groups is 1. The number of hydrogen-bond acceptors (Lipinski definition) is 5. The van der Waals surface area contributed by atoms with Gasteiger partial charge in [-0.1, -0.05) is 37.3 Å². The predicted octanol–water partition coefficient (Wildman–Crippen LogP) is 5.23. The van der Waals surface area contributed by atoms with Crippen molar-refractivity contribution in [3.05, 3.63) is 77.1 Å². The molecular formula is C29H38N2O5. The van der Waals surface area contributed by atoms with Crippen molar-refractivity contribution < 1.29 is 24.5 Å². The van der Waals surface area contributed by atoms with Crippen molar-refractivity contribution in [2.75, 3.05) is 14.2 Å². The lowest BCUT2D eigenvalue weighted by Crippen LogP contribution is -2.20. The first-order valence-electron chi connectivity index (χ1n) is 12.5. The Kier molecular flexibility index (Phi) is 9.94. The summed E-state index contributed by atoms with van der Waals surface area (Å²) in [7, 11) is 3.22. The lowest BCUT2D eigenvalue weighted by molar-refractivity contribution is -0.141. The van der Waals surface area contributed by atoms with E-state index < -0.39 is 18.0 Å². The second kappa shape index (κ2) is 13.1. The molecule has 0 radical (unpaired) electrons. The maximum Gasteiger partial charge on any atom is 0.306 e. The third kappa shape index (κ3) is 7.10. The monoisotopic (exact) mass is 494 g/mol.